The summed E-state index contributed by atoms with van der Waals surface area (Å²) in [6.45, 7) is 0. The fourth-order valence-corrected chi connectivity index (χ4v) is 8.87. The SMILES string of the molecule is O=C(O)CCC/C=C\C[C@@H]1[C@H](C[S+]([O-])CCC2CCCC2)[C@@H]2CC[C@H]1S2. The third-order valence-corrected chi connectivity index (χ3v) is 9.85. The lowest BCUT2D eigenvalue weighted by atomic mass is 9.78. The molecule has 2 aliphatic heterocycles. The summed E-state index contributed by atoms with van der Waals surface area (Å²) in [4.78, 5) is 10.6. The van der Waals surface area contributed by atoms with E-state index in [0.29, 0.717) is 11.8 Å². The average Bonchev–Trinajstić information content (AvgIpc) is 3.34. The fourth-order valence-electron chi connectivity index (χ4n) is 5.07. The van der Waals surface area contributed by atoms with Gasteiger partial charge in [0.2, 0.25) is 0 Å². The topological polar surface area (TPSA) is 60.4 Å². The van der Waals surface area contributed by atoms with E-state index < -0.39 is 17.1 Å². The Labute approximate surface area is 166 Å². The van der Waals surface area contributed by atoms with Crippen molar-refractivity contribution in [2.75, 3.05) is 11.5 Å². The number of rotatable bonds is 11. The molecule has 3 rings (SSSR count). The van der Waals surface area contributed by atoms with E-state index in [0.717, 1.165) is 47.2 Å². The van der Waals surface area contributed by atoms with Gasteiger partial charge in [-0.3, -0.25) is 4.79 Å². The number of carbonyl (C=O) groups is 1. The molecular weight excluding hydrogens is 364 g/mol. The number of thioether (sulfide) groups is 1. The lowest BCUT2D eigenvalue weighted by Crippen LogP contribution is -2.33. The van der Waals surface area contributed by atoms with E-state index in [1.54, 1.807) is 0 Å². The van der Waals surface area contributed by atoms with Crippen molar-refractivity contribution < 1.29 is 14.5 Å². The first-order chi connectivity index (χ1) is 12.6. The van der Waals surface area contributed by atoms with Crippen molar-refractivity contribution in [2.24, 2.45) is 17.8 Å². The van der Waals surface area contributed by atoms with Crippen LogP contribution in [0.15, 0.2) is 12.2 Å². The Morgan fingerprint density at radius 3 is 2.58 bits per heavy atom. The van der Waals surface area contributed by atoms with Gasteiger partial charge in [0.15, 0.2) is 0 Å². The maximum Gasteiger partial charge on any atom is 0.303 e. The van der Waals surface area contributed by atoms with Crippen LogP contribution in [-0.2, 0) is 16.0 Å². The van der Waals surface area contributed by atoms with Crippen molar-refractivity contribution in [3.8, 4) is 0 Å². The van der Waals surface area contributed by atoms with Crippen molar-refractivity contribution in [1.82, 2.24) is 0 Å². The summed E-state index contributed by atoms with van der Waals surface area (Å²) in [5.74, 6) is 3.29. The Bertz CT molecular complexity index is 476. The maximum absolute atomic E-state index is 12.7. The maximum atomic E-state index is 12.7. The minimum atomic E-state index is -0.706. The standard InChI is InChI=1S/C21H34O3S2/c22-21(23)10-4-2-1-3-9-17-18(20-12-11-19(17)25-20)15-26(24)14-13-16-7-5-6-8-16/h1,3,16-20H,2,4-15H2,(H,22,23)/b3-1-/t17-,18+,19-,20+,26?/m1/s1. The highest BCUT2D eigenvalue weighted by Crippen LogP contribution is 2.54. The molecule has 1 N–H and O–H groups in total. The summed E-state index contributed by atoms with van der Waals surface area (Å²) in [5.41, 5.74) is 0. The van der Waals surface area contributed by atoms with Gasteiger partial charge in [-0.05, 0) is 50.4 Å². The highest BCUT2D eigenvalue weighted by atomic mass is 32.2. The normalized spacial score (nSPS) is 32.7. The summed E-state index contributed by atoms with van der Waals surface area (Å²) < 4.78 is 12.7. The zero-order valence-electron chi connectivity index (χ0n) is 15.8. The average molecular weight is 399 g/mol. The molecule has 2 bridgehead atoms. The highest BCUT2D eigenvalue weighted by Gasteiger charge is 2.49. The minimum Gasteiger partial charge on any atom is -0.616 e. The van der Waals surface area contributed by atoms with Crippen LogP contribution in [-0.4, -0.2) is 37.6 Å². The zero-order chi connectivity index (χ0) is 18.4. The third kappa shape index (κ3) is 5.93. The largest absolute Gasteiger partial charge is 0.616 e. The zero-order valence-corrected chi connectivity index (χ0v) is 17.4. The molecule has 5 heteroatoms. The molecule has 1 unspecified atom stereocenters. The molecule has 5 atom stereocenters. The van der Waals surface area contributed by atoms with Crippen LogP contribution in [0.1, 0.15) is 70.6 Å². The second-order valence-electron chi connectivity index (χ2n) is 8.36. The van der Waals surface area contributed by atoms with Crippen LogP contribution in [0.3, 0.4) is 0 Å². The molecule has 26 heavy (non-hydrogen) atoms. The molecular formula is C21H34O3S2. The number of hydrogen-bond donors (Lipinski definition) is 1. The minimum absolute atomic E-state index is 0.261. The van der Waals surface area contributed by atoms with Gasteiger partial charge >= 0.3 is 5.97 Å². The summed E-state index contributed by atoms with van der Waals surface area (Å²) in [6, 6.07) is 0. The molecule has 0 aromatic rings. The van der Waals surface area contributed by atoms with Crippen molar-refractivity contribution in [1.29, 1.82) is 0 Å². The molecule has 0 amide bonds. The quantitative estimate of drug-likeness (QED) is 0.301. The number of aliphatic carboxylic acids is 1. The van der Waals surface area contributed by atoms with Crippen LogP contribution in [0.4, 0.5) is 0 Å². The number of hydrogen-bond acceptors (Lipinski definition) is 3. The number of fused-ring (bicyclic) bond motifs is 2. The van der Waals surface area contributed by atoms with E-state index in [1.165, 1.54) is 44.9 Å². The van der Waals surface area contributed by atoms with Gasteiger partial charge in [-0.1, -0.05) is 49.0 Å². The molecule has 0 radical (unpaired) electrons. The lowest BCUT2D eigenvalue weighted by molar-refractivity contribution is -0.137. The van der Waals surface area contributed by atoms with Crippen molar-refractivity contribution in [3.05, 3.63) is 12.2 Å². The molecule has 3 nitrogen and oxygen atoms in total. The van der Waals surface area contributed by atoms with Crippen molar-refractivity contribution >= 4 is 28.9 Å². The van der Waals surface area contributed by atoms with E-state index in [1.807, 2.05) is 0 Å². The second-order valence-corrected chi connectivity index (χ2v) is 11.5. The van der Waals surface area contributed by atoms with Gasteiger partial charge in [-0.25, -0.2) is 0 Å². The predicted octanol–water partition coefficient (Wildman–Crippen LogP) is 5.03. The Morgan fingerprint density at radius 2 is 1.85 bits per heavy atom. The first-order valence-corrected chi connectivity index (χ1v) is 12.9. The van der Waals surface area contributed by atoms with Crippen LogP contribution >= 0.6 is 11.8 Å². The fraction of sp³-hybridized carbons (Fsp3) is 0.857. The van der Waals surface area contributed by atoms with Crippen LogP contribution in [0.2, 0.25) is 0 Å². The number of unbranched alkanes of at least 4 members (excludes halogenated alkanes) is 1. The number of carboxylic acid groups (broad SMARTS) is 1. The van der Waals surface area contributed by atoms with Gasteiger partial charge in [0.25, 0.3) is 0 Å². The van der Waals surface area contributed by atoms with E-state index in [9.17, 15) is 9.35 Å². The Morgan fingerprint density at radius 1 is 1.12 bits per heavy atom. The van der Waals surface area contributed by atoms with Gasteiger partial charge in [-0.2, -0.15) is 11.8 Å². The van der Waals surface area contributed by atoms with Gasteiger partial charge in [-0.15, -0.1) is 0 Å². The van der Waals surface area contributed by atoms with Gasteiger partial charge in [0.05, 0.1) is 0 Å². The third-order valence-electron chi connectivity index (χ3n) is 6.53. The molecule has 0 aromatic heterocycles. The molecule has 1 aliphatic carbocycles. The first kappa shape index (κ1) is 20.6. The van der Waals surface area contributed by atoms with Crippen LogP contribution in [0.25, 0.3) is 0 Å². The molecule has 2 heterocycles. The van der Waals surface area contributed by atoms with E-state index in [-0.39, 0.29) is 6.42 Å². The Balaban J connectivity index is 1.41. The van der Waals surface area contributed by atoms with Crippen LogP contribution < -0.4 is 0 Å². The summed E-state index contributed by atoms with van der Waals surface area (Å²) in [5, 5.41) is 10.2. The Hall–Kier alpha value is -0.130. The Kier molecular flexibility index (Phi) is 8.26. The van der Waals surface area contributed by atoms with Crippen LogP contribution in [0.5, 0.6) is 0 Å². The van der Waals surface area contributed by atoms with Crippen molar-refractivity contribution in [2.45, 2.75) is 81.1 Å². The molecule has 1 saturated carbocycles. The van der Waals surface area contributed by atoms with E-state index >= 15 is 0 Å². The summed E-state index contributed by atoms with van der Waals surface area (Å²) in [7, 11) is 0. The van der Waals surface area contributed by atoms with Gasteiger partial charge in [0, 0.05) is 22.8 Å². The van der Waals surface area contributed by atoms with Gasteiger partial charge in [0.1, 0.15) is 11.5 Å². The lowest BCUT2D eigenvalue weighted by Gasteiger charge is -2.29. The number of carboxylic acids is 1. The van der Waals surface area contributed by atoms with Gasteiger partial charge < -0.3 is 9.66 Å². The molecule has 148 valence electrons. The second kappa shape index (κ2) is 10.4. The molecule has 0 spiro atoms. The van der Waals surface area contributed by atoms with Crippen molar-refractivity contribution in [3.63, 3.8) is 0 Å². The molecule has 2 saturated heterocycles. The molecule has 3 fully saturated rings. The van der Waals surface area contributed by atoms with Crippen LogP contribution in [0, 0.1) is 17.8 Å². The van der Waals surface area contributed by atoms with E-state index in [4.69, 9.17) is 5.11 Å². The smallest absolute Gasteiger partial charge is 0.303 e. The number of allylic oxidation sites excluding steroid dienone is 2. The monoisotopic (exact) mass is 398 g/mol. The van der Waals surface area contributed by atoms with E-state index in [2.05, 4.69) is 23.9 Å². The summed E-state index contributed by atoms with van der Waals surface area (Å²) in [6.07, 6.45) is 16.7. The first-order valence-electron chi connectivity index (χ1n) is 10.5. The molecule has 3 aliphatic rings. The summed E-state index contributed by atoms with van der Waals surface area (Å²) >= 11 is 1.51. The highest BCUT2D eigenvalue weighted by molar-refractivity contribution is 8.01. The predicted molar refractivity (Wildman–Crippen MR) is 111 cm³/mol. The molecule has 0 aromatic carbocycles.